The van der Waals surface area contributed by atoms with Crippen LogP contribution in [-0.4, -0.2) is 52.3 Å². The fraction of sp³-hybridized carbons (Fsp3) is 0.211. The molecule has 2 aromatic carbocycles. The van der Waals surface area contributed by atoms with Crippen LogP contribution in [0.2, 0.25) is 0 Å². The van der Waals surface area contributed by atoms with Crippen LogP contribution in [0.15, 0.2) is 53.5 Å². The second-order valence-corrected chi connectivity index (χ2v) is 5.61. The van der Waals surface area contributed by atoms with Crippen LogP contribution in [0, 0.1) is 0 Å². The first-order valence-electron chi connectivity index (χ1n) is 8.18. The molecule has 0 unspecified atom stereocenters. The van der Waals surface area contributed by atoms with Gasteiger partial charge in [-0.05, 0) is 30.7 Å². The molecule has 0 saturated carbocycles. The minimum absolute atomic E-state index is 0.119. The number of phenols is 1. The maximum Gasteiger partial charge on any atom is 0.414 e. The molecule has 1 atom stereocenters. The molecule has 0 amide bonds. The molecule has 27 heavy (non-hydrogen) atoms. The fourth-order valence-corrected chi connectivity index (χ4v) is 2.42. The summed E-state index contributed by atoms with van der Waals surface area (Å²) in [5.41, 5.74) is 1.89. The molecule has 0 bridgehead atoms. The number of ether oxygens (including phenoxy) is 1. The van der Waals surface area contributed by atoms with E-state index in [2.05, 4.69) is 10.3 Å². The van der Waals surface area contributed by atoms with Crippen LogP contribution in [0.4, 0.5) is 0 Å². The molecule has 142 valence electrons. The number of benzene rings is 2. The van der Waals surface area contributed by atoms with Crippen LogP contribution >= 0.6 is 0 Å². The van der Waals surface area contributed by atoms with Gasteiger partial charge in [0, 0.05) is 12.1 Å². The van der Waals surface area contributed by atoms with Crippen molar-refractivity contribution in [3.8, 4) is 22.6 Å². The van der Waals surface area contributed by atoms with E-state index in [1.54, 1.807) is 12.1 Å². The molecule has 0 spiro atoms. The molecule has 8 heteroatoms. The molecule has 4 N–H and O–H groups in total. The van der Waals surface area contributed by atoms with Crippen LogP contribution in [0.1, 0.15) is 6.92 Å². The van der Waals surface area contributed by atoms with Crippen LogP contribution < -0.4 is 10.1 Å². The number of nitrogens with one attached hydrogen (secondary N) is 1. The maximum absolute atomic E-state index is 9.65. The molecule has 0 radical (unpaired) electrons. The van der Waals surface area contributed by atoms with Crippen LogP contribution in [0.25, 0.3) is 11.1 Å². The molecular weight excluding hydrogens is 352 g/mol. The zero-order valence-electron chi connectivity index (χ0n) is 14.6. The molecule has 8 nitrogen and oxygen atoms in total. The van der Waals surface area contributed by atoms with Gasteiger partial charge >= 0.3 is 11.9 Å². The van der Waals surface area contributed by atoms with E-state index in [-0.39, 0.29) is 11.9 Å². The van der Waals surface area contributed by atoms with Crippen molar-refractivity contribution in [3.05, 3.63) is 48.5 Å². The Balaban J connectivity index is 0.000000380. The van der Waals surface area contributed by atoms with Crippen LogP contribution in [0.3, 0.4) is 0 Å². The molecule has 0 aliphatic carbocycles. The third kappa shape index (κ3) is 5.74. The highest BCUT2D eigenvalue weighted by Gasteiger charge is 2.17. The van der Waals surface area contributed by atoms with Gasteiger partial charge < -0.3 is 25.4 Å². The Morgan fingerprint density at radius 2 is 1.81 bits per heavy atom. The van der Waals surface area contributed by atoms with Crippen molar-refractivity contribution in [2.24, 2.45) is 4.99 Å². The number of aromatic hydroxyl groups is 1. The topological polar surface area (TPSA) is 128 Å². The minimum Gasteiger partial charge on any atom is -0.508 e. The minimum atomic E-state index is -1.82. The van der Waals surface area contributed by atoms with Crippen molar-refractivity contribution in [1.29, 1.82) is 0 Å². The van der Waals surface area contributed by atoms with Crippen molar-refractivity contribution in [3.63, 3.8) is 0 Å². The Hall–Kier alpha value is -3.55. The van der Waals surface area contributed by atoms with Gasteiger partial charge in [-0.2, -0.15) is 0 Å². The van der Waals surface area contributed by atoms with E-state index in [0.717, 1.165) is 35.8 Å². The third-order valence-corrected chi connectivity index (χ3v) is 3.62. The van der Waals surface area contributed by atoms with E-state index in [1.165, 1.54) is 0 Å². The van der Waals surface area contributed by atoms with E-state index in [9.17, 15) is 5.11 Å². The summed E-state index contributed by atoms with van der Waals surface area (Å²) in [4.78, 5) is 22.6. The largest absolute Gasteiger partial charge is 0.508 e. The summed E-state index contributed by atoms with van der Waals surface area (Å²) in [6, 6.07) is 15.0. The Bertz CT molecular complexity index is 838. The fourth-order valence-electron chi connectivity index (χ4n) is 2.42. The lowest BCUT2D eigenvalue weighted by Gasteiger charge is -2.18. The number of carbonyl (C=O) groups is 2. The Kier molecular flexibility index (Phi) is 6.76. The summed E-state index contributed by atoms with van der Waals surface area (Å²) in [7, 11) is 0. The maximum atomic E-state index is 9.65. The van der Waals surface area contributed by atoms with Gasteiger partial charge in [-0.25, -0.2) is 9.59 Å². The van der Waals surface area contributed by atoms with Gasteiger partial charge in [0.2, 0.25) is 0 Å². The highest BCUT2D eigenvalue weighted by Crippen LogP contribution is 2.32. The first-order valence-corrected chi connectivity index (χ1v) is 8.18. The summed E-state index contributed by atoms with van der Waals surface area (Å²) >= 11 is 0. The summed E-state index contributed by atoms with van der Waals surface area (Å²) in [5, 5.41) is 27.7. The second kappa shape index (κ2) is 9.23. The first kappa shape index (κ1) is 19.8. The number of aliphatic imine (C=N–C) groups is 1. The van der Waals surface area contributed by atoms with Gasteiger partial charge in [0.1, 0.15) is 17.3 Å². The number of hydrogen-bond acceptors (Lipinski definition) is 6. The van der Waals surface area contributed by atoms with Gasteiger partial charge in [0.05, 0.1) is 6.54 Å². The quantitative estimate of drug-likeness (QED) is 0.604. The van der Waals surface area contributed by atoms with Crippen molar-refractivity contribution in [1.82, 2.24) is 5.32 Å². The van der Waals surface area contributed by atoms with E-state index >= 15 is 0 Å². The number of hydrogen-bond donors (Lipinski definition) is 4. The van der Waals surface area contributed by atoms with Gasteiger partial charge in [-0.15, -0.1) is 0 Å². The molecule has 3 rings (SSSR count). The monoisotopic (exact) mass is 372 g/mol. The number of carboxylic acid groups (broad SMARTS) is 2. The Morgan fingerprint density at radius 3 is 2.41 bits per heavy atom. The van der Waals surface area contributed by atoms with E-state index in [0.29, 0.717) is 0 Å². The van der Waals surface area contributed by atoms with Crippen LogP contribution in [0.5, 0.6) is 11.5 Å². The molecule has 0 fully saturated rings. The zero-order valence-corrected chi connectivity index (χ0v) is 14.6. The number of nitrogens with zero attached hydrogens (tertiary/aromatic N) is 1. The Labute approximate surface area is 155 Å². The van der Waals surface area contributed by atoms with E-state index in [1.807, 2.05) is 43.3 Å². The average molecular weight is 372 g/mol. The zero-order chi connectivity index (χ0) is 19.8. The number of phenolic OH excluding ortho intramolecular Hbond substituents is 1. The predicted octanol–water partition coefficient (Wildman–Crippen LogP) is 1.98. The number of rotatable bonds is 4. The molecule has 1 aliphatic heterocycles. The van der Waals surface area contributed by atoms with Gasteiger partial charge in [0.15, 0.2) is 6.10 Å². The lowest BCUT2D eigenvalue weighted by Crippen LogP contribution is -2.33. The van der Waals surface area contributed by atoms with Crippen molar-refractivity contribution >= 4 is 17.8 Å². The van der Waals surface area contributed by atoms with Crippen LogP contribution in [-0.2, 0) is 9.59 Å². The molecule has 1 aliphatic rings. The predicted molar refractivity (Wildman–Crippen MR) is 99.2 cm³/mol. The molecule has 0 saturated heterocycles. The smallest absolute Gasteiger partial charge is 0.414 e. The van der Waals surface area contributed by atoms with Gasteiger partial charge in [0.25, 0.3) is 0 Å². The Morgan fingerprint density at radius 1 is 1.11 bits per heavy atom. The lowest BCUT2D eigenvalue weighted by atomic mass is 10.0. The number of carboxylic acids is 2. The summed E-state index contributed by atoms with van der Waals surface area (Å²) in [6.45, 7) is 3.66. The average Bonchev–Trinajstić information content (AvgIpc) is 3.17. The van der Waals surface area contributed by atoms with E-state index < -0.39 is 11.9 Å². The standard InChI is InChI=1S/C17H18N2O2.C2H2O4/c1-12(17-18-9-10-19-17)21-16-8-3-2-7-15(16)13-5-4-6-14(20)11-13;3-1(4)2(5)6/h2-8,11-12,20H,9-10H2,1H3,(H,18,19);(H,3,4)(H,5,6)/t12-;/m1./s1. The number of aliphatic carboxylic acids is 2. The first-order chi connectivity index (χ1) is 12.9. The second-order valence-electron chi connectivity index (χ2n) is 5.61. The van der Waals surface area contributed by atoms with Gasteiger partial charge in [-0.3, -0.25) is 4.99 Å². The van der Waals surface area contributed by atoms with Crippen molar-refractivity contribution < 1.29 is 29.6 Å². The number of para-hydroxylation sites is 1. The molecule has 2 aromatic rings. The van der Waals surface area contributed by atoms with Crippen molar-refractivity contribution in [2.75, 3.05) is 13.1 Å². The highest BCUT2D eigenvalue weighted by atomic mass is 16.5. The molecule has 1 heterocycles. The highest BCUT2D eigenvalue weighted by molar-refractivity contribution is 6.27. The summed E-state index contributed by atoms with van der Waals surface area (Å²) < 4.78 is 6.05. The SMILES string of the molecule is C[C@@H](Oc1ccccc1-c1cccc(O)c1)C1=NCCN1.O=C(O)C(=O)O. The van der Waals surface area contributed by atoms with E-state index in [4.69, 9.17) is 24.5 Å². The summed E-state index contributed by atoms with van der Waals surface area (Å²) in [6.07, 6.45) is -0.119. The lowest BCUT2D eigenvalue weighted by molar-refractivity contribution is -0.159. The summed E-state index contributed by atoms with van der Waals surface area (Å²) in [5.74, 6) is -1.73. The van der Waals surface area contributed by atoms with Gasteiger partial charge in [-0.1, -0.05) is 30.3 Å². The number of amidine groups is 1. The molecular formula is C19H20N2O6. The van der Waals surface area contributed by atoms with Crippen molar-refractivity contribution in [2.45, 2.75) is 13.0 Å². The normalized spacial score (nSPS) is 13.4. The third-order valence-electron chi connectivity index (χ3n) is 3.62. The molecule has 0 aromatic heterocycles.